The Balaban J connectivity index is 1.29. The molecule has 1 saturated heterocycles. The Morgan fingerprint density at radius 1 is 0.410 bits per heavy atom. The molecule has 0 aromatic heterocycles. The maximum Gasteiger partial charge on any atom is 0.115 e. The zero-order valence-corrected chi connectivity index (χ0v) is 22.1. The monoisotopic (exact) mass is 524 g/mol. The summed E-state index contributed by atoms with van der Waals surface area (Å²) >= 11 is 0. The molecule has 4 aromatic carbocycles. The molecule has 0 N–H and O–H groups in total. The molecule has 5 rings (SSSR count). The summed E-state index contributed by atoms with van der Waals surface area (Å²) in [5.74, 6) is 0. The standard InChI is InChI=1S/C34H36O5/c1-5-13-27(14-6-1)21-35-25-31-33(37-23-29-17-9-3-10-18-29)34(38-24-30-19-11-4-12-20-30)32(39-31)26-36-22-28-15-7-2-8-16-28/h1-20,31-34H,21-26H2/t31-,32+,33-,34+. The molecule has 1 fully saturated rings. The van der Waals surface area contributed by atoms with Gasteiger partial charge in [0.05, 0.1) is 39.6 Å². The van der Waals surface area contributed by atoms with Gasteiger partial charge in [-0.1, -0.05) is 121 Å². The molecule has 5 nitrogen and oxygen atoms in total. The Hall–Kier alpha value is -3.32. The molecule has 1 heterocycles. The molecule has 39 heavy (non-hydrogen) atoms. The third-order valence-corrected chi connectivity index (χ3v) is 6.76. The molecule has 4 atom stereocenters. The highest BCUT2D eigenvalue weighted by Gasteiger charge is 2.46. The van der Waals surface area contributed by atoms with Gasteiger partial charge in [-0.15, -0.1) is 0 Å². The average Bonchev–Trinajstić information content (AvgIpc) is 3.33. The maximum atomic E-state index is 6.54. The summed E-state index contributed by atoms with van der Waals surface area (Å²) in [5, 5.41) is 0. The van der Waals surface area contributed by atoms with E-state index in [2.05, 4.69) is 48.5 Å². The van der Waals surface area contributed by atoms with Crippen LogP contribution in [0, 0.1) is 0 Å². The molecule has 0 aliphatic carbocycles. The second-order valence-electron chi connectivity index (χ2n) is 9.74. The Morgan fingerprint density at radius 3 is 1.05 bits per heavy atom. The molecular formula is C34H36O5. The van der Waals surface area contributed by atoms with Gasteiger partial charge in [-0.3, -0.25) is 0 Å². The average molecular weight is 525 g/mol. The molecule has 0 bridgehead atoms. The third-order valence-electron chi connectivity index (χ3n) is 6.76. The first-order valence-electron chi connectivity index (χ1n) is 13.5. The van der Waals surface area contributed by atoms with Crippen molar-refractivity contribution in [2.24, 2.45) is 0 Å². The van der Waals surface area contributed by atoms with Crippen molar-refractivity contribution in [1.82, 2.24) is 0 Å². The van der Waals surface area contributed by atoms with Gasteiger partial charge in [-0.05, 0) is 22.3 Å². The predicted molar refractivity (Wildman–Crippen MR) is 151 cm³/mol. The van der Waals surface area contributed by atoms with E-state index in [0.29, 0.717) is 39.6 Å². The van der Waals surface area contributed by atoms with Gasteiger partial charge < -0.3 is 23.7 Å². The second kappa shape index (κ2) is 14.7. The van der Waals surface area contributed by atoms with Crippen LogP contribution in [0.15, 0.2) is 121 Å². The Kier molecular flexibility index (Phi) is 10.3. The zero-order valence-electron chi connectivity index (χ0n) is 22.1. The van der Waals surface area contributed by atoms with Gasteiger partial charge in [-0.2, -0.15) is 0 Å². The van der Waals surface area contributed by atoms with Crippen LogP contribution in [0.1, 0.15) is 22.3 Å². The van der Waals surface area contributed by atoms with Gasteiger partial charge in [0.1, 0.15) is 24.4 Å². The molecule has 5 heteroatoms. The van der Waals surface area contributed by atoms with Crippen LogP contribution < -0.4 is 0 Å². The van der Waals surface area contributed by atoms with Crippen molar-refractivity contribution in [2.45, 2.75) is 50.8 Å². The van der Waals surface area contributed by atoms with Gasteiger partial charge in [0.2, 0.25) is 0 Å². The molecule has 1 aliphatic rings. The topological polar surface area (TPSA) is 46.2 Å². The van der Waals surface area contributed by atoms with Crippen molar-refractivity contribution in [3.8, 4) is 0 Å². The van der Waals surface area contributed by atoms with Crippen molar-refractivity contribution in [1.29, 1.82) is 0 Å². The Morgan fingerprint density at radius 2 is 0.718 bits per heavy atom. The highest BCUT2D eigenvalue weighted by molar-refractivity contribution is 5.16. The lowest BCUT2D eigenvalue weighted by Gasteiger charge is -2.25. The van der Waals surface area contributed by atoms with Crippen molar-refractivity contribution >= 4 is 0 Å². The Labute approximate surface area is 231 Å². The second-order valence-corrected chi connectivity index (χ2v) is 9.74. The van der Waals surface area contributed by atoms with Gasteiger partial charge >= 0.3 is 0 Å². The van der Waals surface area contributed by atoms with Gasteiger partial charge in [0.25, 0.3) is 0 Å². The van der Waals surface area contributed by atoms with E-state index >= 15 is 0 Å². The van der Waals surface area contributed by atoms with E-state index < -0.39 is 0 Å². The SMILES string of the molecule is c1ccc(COC[C@@H]2O[C@H](COCc3ccccc3)[C@@H](OCc3ccccc3)[C@H]2OCc2ccccc2)cc1. The van der Waals surface area contributed by atoms with Crippen LogP contribution in [0.3, 0.4) is 0 Å². The molecule has 0 spiro atoms. The van der Waals surface area contributed by atoms with Gasteiger partial charge in [-0.25, -0.2) is 0 Å². The smallest absolute Gasteiger partial charge is 0.115 e. The summed E-state index contributed by atoms with van der Waals surface area (Å²) in [6.07, 6.45) is -1.20. The molecule has 4 aromatic rings. The van der Waals surface area contributed by atoms with E-state index in [1.807, 2.05) is 72.8 Å². The van der Waals surface area contributed by atoms with E-state index in [0.717, 1.165) is 22.3 Å². The minimum Gasteiger partial charge on any atom is -0.374 e. The lowest BCUT2D eigenvalue weighted by Crippen LogP contribution is -2.40. The van der Waals surface area contributed by atoms with E-state index in [-0.39, 0.29) is 24.4 Å². The number of benzene rings is 4. The number of ether oxygens (including phenoxy) is 5. The predicted octanol–water partition coefficient (Wildman–Crippen LogP) is 6.36. The maximum absolute atomic E-state index is 6.54. The highest BCUT2D eigenvalue weighted by Crippen LogP contribution is 2.30. The van der Waals surface area contributed by atoms with Crippen molar-refractivity contribution in [3.05, 3.63) is 144 Å². The summed E-state index contributed by atoms with van der Waals surface area (Å²) in [4.78, 5) is 0. The summed E-state index contributed by atoms with van der Waals surface area (Å²) in [6, 6.07) is 40.7. The molecule has 0 unspecified atom stereocenters. The highest BCUT2D eigenvalue weighted by atomic mass is 16.6. The fraction of sp³-hybridized carbons (Fsp3) is 0.294. The van der Waals surface area contributed by atoms with E-state index in [9.17, 15) is 0 Å². The lowest BCUT2D eigenvalue weighted by molar-refractivity contribution is -0.0914. The molecule has 1 aliphatic heterocycles. The fourth-order valence-electron chi connectivity index (χ4n) is 4.74. The van der Waals surface area contributed by atoms with Crippen molar-refractivity contribution in [3.63, 3.8) is 0 Å². The van der Waals surface area contributed by atoms with Crippen LogP contribution in [0.2, 0.25) is 0 Å². The van der Waals surface area contributed by atoms with Crippen LogP contribution in [0.25, 0.3) is 0 Å². The molecule has 0 saturated carbocycles. The quantitative estimate of drug-likeness (QED) is 0.192. The molecule has 0 radical (unpaired) electrons. The zero-order chi connectivity index (χ0) is 26.5. The first-order valence-corrected chi connectivity index (χ1v) is 13.5. The first kappa shape index (κ1) is 27.3. The summed E-state index contributed by atoms with van der Waals surface area (Å²) in [5.41, 5.74) is 4.45. The fourth-order valence-corrected chi connectivity index (χ4v) is 4.74. The van der Waals surface area contributed by atoms with E-state index in [4.69, 9.17) is 23.7 Å². The minimum atomic E-state index is -0.310. The first-order chi connectivity index (χ1) is 19.3. The molecule has 202 valence electrons. The van der Waals surface area contributed by atoms with Crippen LogP contribution in [-0.4, -0.2) is 37.6 Å². The summed E-state index contributed by atoms with van der Waals surface area (Å²) in [6.45, 7) is 2.75. The van der Waals surface area contributed by atoms with Crippen molar-refractivity contribution < 1.29 is 23.7 Å². The number of hydrogen-bond acceptors (Lipinski definition) is 5. The third kappa shape index (κ3) is 8.33. The lowest BCUT2D eigenvalue weighted by atomic mass is 10.1. The van der Waals surface area contributed by atoms with Gasteiger partial charge in [0.15, 0.2) is 0 Å². The van der Waals surface area contributed by atoms with Crippen LogP contribution >= 0.6 is 0 Å². The number of rotatable bonds is 14. The van der Waals surface area contributed by atoms with E-state index in [1.54, 1.807) is 0 Å². The molecular weight excluding hydrogens is 488 g/mol. The summed E-state index contributed by atoms with van der Waals surface area (Å²) < 4.78 is 31.8. The number of hydrogen-bond donors (Lipinski definition) is 0. The Bertz CT molecular complexity index is 1110. The van der Waals surface area contributed by atoms with Crippen LogP contribution in [-0.2, 0) is 50.1 Å². The van der Waals surface area contributed by atoms with Crippen LogP contribution in [0.4, 0.5) is 0 Å². The van der Waals surface area contributed by atoms with Crippen molar-refractivity contribution in [2.75, 3.05) is 13.2 Å². The van der Waals surface area contributed by atoms with Gasteiger partial charge in [0, 0.05) is 0 Å². The van der Waals surface area contributed by atoms with Crippen LogP contribution in [0.5, 0.6) is 0 Å². The normalized spacial score (nSPS) is 20.7. The van der Waals surface area contributed by atoms with E-state index in [1.165, 1.54) is 0 Å². The molecule has 0 amide bonds. The minimum absolute atomic E-state index is 0.288. The summed E-state index contributed by atoms with van der Waals surface area (Å²) in [7, 11) is 0. The largest absolute Gasteiger partial charge is 0.374 e.